The highest BCUT2D eigenvalue weighted by Crippen LogP contribution is 2.32. The highest BCUT2D eigenvalue weighted by atomic mass is 79.9. The molecular formula is C11H10BrF3N2O2. The standard InChI is InChI=1S/C11H10BrF3N2O2/c1-2-19-10(18)7-16-17(12)9-5-3-4-8(6-9)11(13,14)15/h3-7H,2H2,1H3. The number of halogens is 4. The molecular weight excluding hydrogens is 329 g/mol. The van der Waals surface area contributed by atoms with E-state index in [4.69, 9.17) is 0 Å². The molecule has 0 heterocycles. The van der Waals surface area contributed by atoms with Gasteiger partial charge in [0.1, 0.15) is 6.21 Å². The lowest BCUT2D eigenvalue weighted by atomic mass is 10.2. The van der Waals surface area contributed by atoms with Gasteiger partial charge in [-0.05, 0) is 25.1 Å². The minimum absolute atomic E-state index is 0.135. The summed E-state index contributed by atoms with van der Waals surface area (Å²) in [4.78, 5) is 11.0. The van der Waals surface area contributed by atoms with Crippen molar-refractivity contribution in [2.24, 2.45) is 5.10 Å². The molecule has 104 valence electrons. The fourth-order valence-electron chi connectivity index (χ4n) is 1.14. The molecule has 4 nitrogen and oxygen atoms in total. The molecule has 0 radical (unpaired) electrons. The second-order valence-electron chi connectivity index (χ2n) is 3.30. The van der Waals surface area contributed by atoms with E-state index in [0.717, 1.165) is 22.4 Å². The van der Waals surface area contributed by atoms with Gasteiger partial charge in [0, 0.05) is 0 Å². The van der Waals surface area contributed by atoms with Crippen molar-refractivity contribution in [1.29, 1.82) is 0 Å². The highest BCUT2D eigenvalue weighted by molar-refractivity contribution is 9.10. The van der Waals surface area contributed by atoms with Gasteiger partial charge < -0.3 is 4.74 Å². The van der Waals surface area contributed by atoms with Gasteiger partial charge in [0.2, 0.25) is 0 Å². The molecule has 0 N–H and O–H groups in total. The zero-order valence-electron chi connectivity index (χ0n) is 9.82. The molecule has 0 aliphatic heterocycles. The zero-order chi connectivity index (χ0) is 14.5. The summed E-state index contributed by atoms with van der Waals surface area (Å²) in [6.45, 7) is 1.82. The number of ether oxygens (including phenoxy) is 1. The van der Waals surface area contributed by atoms with Crippen LogP contribution in [0.4, 0.5) is 18.9 Å². The third-order valence-corrected chi connectivity index (χ3v) is 2.53. The van der Waals surface area contributed by atoms with Gasteiger partial charge in [0.05, 0.1) is 34.0 Å². The number of carbonyl (C=O) groups excluding carboxylic acids is 1. The van der Waals surface area contributed by atoms with Crippen LogP contribution in [0.5, 0.6) is 0 Å². The van der Waals surface area contributed by atoms with Crippen molar-refractivity contribution in [1.82, 2.24) is 0 Å². The summed E-state index contributed by atoms with van der Waals surface area (Å²) >= 11 is 2.93. The van der Waals surface area contributed by atoms with Crippen molar-refractivity contribution >= 4 is 34.0 Å². The summed E-state index contributed by atoms with van der Waals surface area (Å²) in [6.07, 6.45) is -3.58. The van der Waals surface area contributed by atoms with E-state index >= 15 is 0 Å². The maximum atomic E-state index is 12.5. The molecule has 1 aromatic carbocycles. The first-order chi connectivity index (χ1) is 8.84. The second kappa shape index (κ2) is 6.55. The molecule has 8 heteroatoms. The van der Waals surface area contributed by atoms with Crippen molar-refractivity contribution < 1.29 is 22.7 Å². The highest BCUT2D eigenvalue weighted by Gasteiger charge is 2.30. The fraction of sp³-hybridized carbons (Fsp3) is 0.273. The van der Waals surface area contributed by atoms with Gasteiger partial charge in [-0.1, -0.05) is 6.07 Å². The van der Waals surface area contributed by atoms with Crippen LogP contribution in [0.2, 0.25) is 0 Å². The lowest BCUT2D eigenvalue weighted by Gasteiger charge is -2.12. The van der Waals surface area contributed by atoms with Gasteiger partial charge in [-0.25, -0.2) is 4.79 Å². The van der Waals surface area contributed by atoms with Gasteiger partial charge in [0.15, 0.2) is 0 Å². The van der Waals surface area contributed by atoms with Gasteiger partial charge in [-0.15, -0.1) is 0 Å². The Balaban J connectivity index is 2.83. The minimum Gasteiger partial charge on any atom is -0.462 e. The fourth-order valence-corrected chi connectivity index (χ4v) is 1.45. The molecule has 0 saturated carbocycles. The summed E-state index contributed by atoms with van der Waals surface area (Å²) in [5.74, 6) is -0.682. The Hall–Kier alpha value is -1.57. The van der Waals surface area contributed by atoms with E-state index in [1.54, 1.807) is 6.92 Å². The summed E-state index contributed by atoms with van der Waals surface area (Å²) < 4.78 is 43.1. The smallest absolute Gasteiger partial charge is 0.416 e. The number of rotatable bonds is 4. The molecule has 0 atom stereocenters. The number of nitrogens with zero attached hydrogens (tertiary/aromatic N) is 2. The van der Waals surface area contributed by atoms with Gasteiger partial charge >= 0.3 is 12.1 Å². The van der Waals surface area contributed by atoms with Gasteiger partial charge in [-0.3, -0.25) is 0 Å². The molecule has 1 aromatic rings. The summed E-state index contributed by atoms with van der Waals surface area (Å²) in [5, 5.41) is 3.62. The first-order valence-electron chi connectivity index (χ1n) is 5.18. The van der Waals surface area contributed by atoms with Crippen LogP contribution in [0.15, 0.2) is 29.4 Å². The third-order valence-electron chi connectivity index (χ3n) is 1.94. The molecule has 1 rings (SSSR count). The third kappa shape index (κ3) is 4.90. The van der Waals surface area contributed by atoms with Crippen molar-refractivity contribution in [2.75, 3.05) is 10.6 Å². The molecule has 0 aromatic heterocycles. The van der Waals surface area contributed by atoms with E-state index in [1.165, 1.54) is 12.1 Å². The van der Waals surface area contributed by atoms with E-state index in [0.29, 0.717) is 0 Å². The average Bonchev–Trinajstić information content (AvgIpc) is 2.35. The normalized spacial score (nSPS) is 11.6. The van der Waals surface area contributed by atoms with E-state index in [1.807, 2.05) is 0 Å². The van der Waals surface area contributed by atoms with E-state index < -0.39 is 17.7 Å². The number of hydrogen-bond donors (Lipinski definition) is 0. The summed E-state index contributed by atoms with van der Waals surface area (Å²) in [7, 11) is 0. The average molecular weight is 339 g/mol. The maximum Gasteiger partial charge on any atom is 0.416 e. The Morgan fingerprint density at radius 3 is 2.79 bits per heavy atom. The molecule has 0 unspecified atom stereocenters. The number of hydrogen-bond acceptors (Lipinski definition) is 4. The van der Waals surface area contributed by atoms with Crippen LogP contribution in [-0.4, -0.2) is 18.8 Å². The lowest BCUT2D eigenvalue weighted by Crippen LogP contribution is -2.10. The molecule has 0 saturated heterocycles. The molecule has 0 spiro atoms. The molecule has 0 aliphatic carbocycles. The predicted octanol–water partition coefficient (Wildman–Crippen LogP) is 3.37. The first-order valence-corrected chi connectivity index (χ1v) is 5.89. The van der Waals surface area contributed by atoms with Crippen LogP contribution < -0.4 is 4.03 Å². The topological polar surface area (TPSA) is 41.9 Å². The SMILES string of the molecule is CCOC(=O)C=NN(Br)c1cccc(C(F)(F)F)c1. The minimum atomic E-state index is -4.44. The lowest BCUT2D eigenvalue weighted by molar-refractivity contribution is -0.137. The van der Waals surface area contributed by atoms with Crippen molar-refractivity contribution in [2.45, 2.75) is 13.1 Å². The summed E-state index contributed by atoms with van der Waals surface area (Å²) in [5.41, 5.74) is -0.670. The second-order valence-corrected chi connectivity index (χ2v) is 3.98. The van der Waals surface area contributed by atoms with Crippen molar-refractivity contribution in [3.8, 4) is 0 Å². The molecule has 0 bridgehead atoms. The van der Waals surface area contributed by atoms with Crippen LogP contribution in [-0.2, 0) is 15.7 Å². The number of esters is 1. The zero-order valence-corrected chi connectivity index (χ0v) is 11.4. The van der Waals surface area contributed by atoms with Crippen molar-refractivity contribution in [3.05, 3.63) is 29.8 Å². The Labute approximate surface area is 116 Å². The van der Waals surface area contributed by atoms with Crippen LogP contribution in [0.1, 0.15) is 12.5 Å². The molecule has 0 fully saturated rings. The Morgan fingerprint density at radius 2 is 2.21 bits per heavy atom. The predicted molar refractivity (Wildman–Crippen MR) is 68.0 cm³/mol. The van der Waals surface area contributed by atoms with E-state index in [9.17, 15) is 18.0 Å². The van der Waals surface area contributed by atoms with Crippen LogP contribution in [0, 0.1) is 0 Å². The number of anilines is 1. The first kappa shape index (κ1) is 15.5. The molecule has 0 aliphatic rings. The molecule has 19 heavy (non-hydrogen) atoms. The van der Waals surface area contributed by atoms with E-state index in [-0.39, 0.29) is 12.3 Å². The Bertz CT molecular complexity index is 477. The maximum absolute atomic E-state index is 12.5. The van der Waals surface area contributed by atoms with Gasteiger partial charge in [-0.2, -0.15) is 22.3 Å². The van der Waals surface area contributed by atoms with Crippen LogP contribution in [0.3, 0.4) is 0 Å². The number of hydrazone groups is 1. The summed E-state index contributed by atoms with van der Waals surface area (Å²) in [6, 6.07) is 4.50. The van der Waals surface area contributed by atoms with Crippen LogP contribution >= 0.6 is 16.1 Å². The number of carbonyl (C=O) groups is 1. The Kier molecular flexibility index (Phi) is 5.34. The number of benzene rings is 1. The number of alkyl halides is 3. The van der Waals surface area contributed by atoms with Crippen molar-refractivity contribution in [3.63, 3.8) is 0 Å². The van der Waals surface area contributed by atoms with Gasteiger partial charge in [0.25, 0.3) is 0 Å². The largest absolute Gasteiger partial charge is 0.462 e. The van der Waals surface area contributed by atoms with E-state index in [2.05, 4.69) is 26.0 Å². The quantitative estimate of drug-likeness (QED) is 0.366. The Morgan fingerprint density at radius 1 is 1.53 bits per heavy atom. The monoisotopic (exact) mass is 338 g/mol. The van der Waals surface area contributed by atoms with Crippen LogP contribution in [0.25, 0.3) is 0 Å². The molecule has 0 amide bonds.